The molecule has 2 aromatic carbocycles. The highest BCUT2D eigenvalue weighted by Crippen LogP contribution is 2.25. The summed E-state index contributed by atoms with van der Waals surface area (Å²) in [7, 11) is 0. The summed E-state index contributed by atoms with van der Waals surface area (Å²) in [4.78, 5) is 43.4. The van der Waals surface area contributed by atoms with Gasteiger partial charge in [0.05, 0.1) is 5.52 Å². The molecule has 4 rings (SSSR count). The molecular weight excluding hydrogens is 477 g/mol. The molecule has 0 spiro atoms. The molecule has 0 unspecified atom stereocenters. The molecule has 2 aromatic heterocycles. The first-order valence-corrected chi connectivity index (χ1v) is 11.1. The average Bonchev–Trinajstić information content (AvgIpc) is 3.12. The standard InChI is InChI=1S/C25H21Cl2N3O4/c1-25(2,3)34-24(33)30-13-14(15-7-4-5-10-21(15)30)11-19-22(31)29-20(23(32)28-19)12-16-17(26)8-6-9-18(16)27/h4-13H,1-3H3,(H,28,32)(H,29,31). The molecule has 9 heteroatoms. The van der Waals surface area contributed by atoms with E-state index in [1.807, 2.05) is 12.1 Å². The molecule has 7 nitrogen and oxygen atoms in total. The zero-order chi connectivity index (χ0) is 24.6. The van der Waals surface area contributed by atoms with Gasteiger partial charge in [-0.2, -0.15) is 0 Å². The lowest BCUT2D eigenvalue weighted by atomic mass is 10.1. The number of benzene rings is 2. The van der Waals surface area contributed by atoms with E-state index in [0.717, 1.165) is 0 Å². The van der Waals surface area contributed by atoms with Crippen LogP contribution in [0.2, 0.25) is 10.0 Å². The summed E-state index contributed by atoms with van der Waals surface area (Å²) in [6.07, 6.45) is 3.95. The molecule has 0 radical (unpaired) electrons. The van der Waals surface area contributed by atoms with Crippen molar-refractivity contribution in [3.63, 3.8) is 0 Å². The first-order valence-electron chi connectivity index (χ1n) is 10.4. The summed E-state index contributed by atoms with van der Waals surface area (Å²) in [5, 5.41) is 1.44. The number of fused-ring (bicyclic) bond motifs is 1. The fourth-order valence-corrected chi connectivity index (χ4v) is 3.93. The Morgan fingerprint density at radius 1 is 0.912 bits per heavy atom. The van der Waals surface area contributed by atoms with Gasteiger partial charge in [0.1, 0.15) is 16.3 Å². The summed E-state index contributed by atoms with van der Waals surface area (Å²) >= 11 is 12.3. The predicted octanol–water partition coefficient (Wildman–Crippen LogP) is 3.77. The number of carbonyl (C=O) groups is 1. The van der Waals surface area contributed by atoms with Crippen LogP contribution in [0.5, 0.6) is 0 Å². The molecule has 0 aliphatic rings. The van der Waals surface area contributed by atoms with Gasteiger partial charge in [-0.25, -0.2) is 4.79 Å². The molecule has 34 heavy (non-hydrogen) atoms. The van der Waals surface area contributed by atoms with Crippen LogP contribution >= 0.6 is 23.2 Å². The second kappa shape index (κ2) is 9.00. The van der Waals surface area contributed by atoms with Crippen molar-refractivity contribution in [2.45, 2.75) is 26.4 Å². The van der Waals surface area contributed by atoms with Crippen molar-refractivity contribution in [1.82, 2.24) is 14.5 Å². The summed E-state index contributed by atoms with van der Waals surface area (Å²) in [6, 6.07) is 12.2. The van der Waals surface area contributed by atoms with Gasteiger partial charge < -0.3 is 14.7 Å². The molecule has 2 heterocycles. The van der Waals surface area contributed by atoms with Crippen LogP contribution < -0.4 is 21.8 Å². The van der Waals surface area contributed by atoms with Crippen LogP contribution in [-0.2, 0) is 4.74 Å². The highest BCUT2D eigenvalue weighted by atomic mass is 35.5. The first-order chi connectivity index (χ1) is 16.0. The third-order valence-electron chi connectivity index (χ3n) is 4.91. The highest BCUT2D eigenvalue weighted by molar-refractivity contribution is 6.37. The van der Waals surface area contributed by atoms with Crippen LogP contribution in [0.3, 0.4) is 0 Å². The Balaban J connectivity index is 1.86. The van der Waals surface area contributed by atoms with Gasteiger partial charge in [0, 0.05) is 32.8 Å². The van der Waals surface area contributed by atoms with Gasteiger partial charge in [-0.15, -0.1) is 0 Å². The van der Waals surface area contributed by atoms with Crippen molar-refractivity contribution in [2.24, 2.45) is 0 Å². The Labute approximate surface area is 203 Å². The number of carbonyl (C=O) groups excluding carboxylic acids is 1. The van der Waals surface area contributed by atoms with Gasteiger partial charge in [0.15, 0.2) is 0 Å². The van der Waals surface area contributed by atoms with E-state index in [-0.39, 0.29) is 10.7 Å². The Hall–Kier alpha value is -3.55. The van der Waals surface area contributed by atoms with E-state index >= 15 is 0 Å². The fraction of sp³-hybridized carbons (Fsp3) is 0.160. The number of nitrogens with one attached hydrogen (secondary N) is 2. The van der Waals surface area contributed by atoms with E-state index in [4.69, 9.17) is 27.9 Å². The molecule has 0 aliphatic carbocycles. The van der Waals surface area contributed by atoms with Crippen LogP contribution in [-0.4, -0.2) is 26.2 Å². The number of rotatable bonds is 2. The van der Waals surface area contributed by atoms with E-state index in [9.17, 15) is 14.4 Å². The minimum absolute atomic E-state index is 0.00772. The highest BCUT2D eigenvalue weighted by Gasteiger charge is 2.20. The van der Waals surface area contributed by atoms with E-state index in [1.54, 1.807) is 57.3 Å². The lowest BCUT2D eigenvalue weighted by molar-refractivity contribution is 0.0544. The quantitative estimate of drug-likeness (QED) is 0.440. The minimum atomic E-state index is -0.675. The number of ether oxygens (including phenoxy) is 1. The number of hydrogen-bond donors (Lipinski definition) is 2. The van der Waals surface area contributed by atoms with Crippen molar-refractivity contribution in [2.75, 3.05) is 0 Å². The monoisotopic (exact) mass is 497 g/mol. The Kier molecular flexibility index (Phi) is 6.25. The Morgan fingerprint density at radius 3 is 2.12 bits per heavy atom. The van der Waals surface area contributed by atoms with Crippen molar-refractivity contribution < 1.29 is 9.53 Å². The van der Waals surface area contributed by atoms with Crippen molar-refractivity contribution >= 4 is 52.4 Å². The number of aromatic amines is 2. The van der Waals surface area contributed by atoms with Crippen LogP contribution in [0.25, 0.3) is 23.1 Å². The number of para-hydroxylation sites is 1. The Bertz CT molecular complexity index is 1640. The topological polar surface area (TPSA) is 96.9 Å². The predicted molar refractivity (Wildman–Crippen MR) is 134 cm³/mol. The Morgan fingerprint density at radius 2 is 1.50 bits per heavy atom. The maximum Gasteiger partial charge on any atom is 0.419 e. The third kappa shape index (κ3) is 4.85. The van der Waals surface area contributed by atoms with Crippen LogP contribution in [0.4, 0.5) is 4.79 Å². The minimum Gasteiger partial charge on any atom is -0.443 e. The van der Waals surface area contributed by atoms with Crippen molar-refractivity contribution in [1.29, 1.82) is 0 Å². The van der Waals surface area contributed by atoms with Crippen molar-refractivity contribution in [3.8, 4) is 0 Å². The molecule has 174 valence electrons. The van der Waals surface area contributed by atoms with E-state index in [1.165, 1.54) is 16.7 Å². The van der Waals surface area contributed by atoms with Gasteiger partial charge in [-0.05, 0) is 51.1 Å². The zero-order valence-corrected chi connectivity index (χ0v) is 20.1. The molecule has 0 aliphatic heterocycles. The summed E-state index contributed by atoms with van der Waals surface area (Å²) < 4.78 is 6.86. The van der Waals surface area contributed by atoms with Gasteiger partial charge in [-0.1, -0.05) is 47.5 Å². The maximum absolute atomic E-state index is 12.8. The van der Waals surface area contributed by atoms with Gasteiger partial charge in [-0.3, -0.25) is 14.2 Å². The molecule has 0 bridgehead atoms. The smallest absolute Gasteiger partial charge is 0.419 e. The van der Waals surface area contributed by atoms with Gasteiger partial charge in [0.25, 0.3) is 11.1 Å². The van der Waals surface area contributed by atoms with Crippen molar-refractivity contribution in [3.05, 3.63) is 101 Å². The normalized spacial score (nSPS) is 13.0. The lowest BCUT2D eigenvalue weighted by Gasteiger charge is -2.19. The molecular formula is C25H21Cl2N3O4. The van der Waals surface area contributed by atoms with Gasteiger partial charge in [0.2, 0.25) is 0 Å². The number of aromatic nitrogens is 3. The van der Waals surface area contributed by atoms with Crippen LogP contribution in [0.1, 0.15) is 31.9 Å². The molecule has 0 saturated carbocycles. The van der Waals surface area contributed by atoms with Gasteiger partial charge >= 0.3 is 6.09 Å². The number of hydrogen-bond acceptors (Lipinski definition) is 4. The summed E-state index contributed by atoms with van der Waals surface area (Å²) in [5.41, 5.74) is -0.135. The molecule has 0 amide bonds. The molecule has 0 atom stereocenters. The number of H-pyrrole nitrogens is 2. The van der Waals surface area contributed by atoms with Crippen LogP contribution in [0, 0.1) is 0 Å². The fourth-order valence-electron chi connectivity index (χ4n) is 3.43. The van der Waals surface area contributed by atoms with E-state index < -0.39 is 22.8 Å². The third-order valence-corrected chi connectivity index (χ3v) is 5.57. The molecule has 4 aromatic rings. The van der Waals surface area contributed by atoms with E-state index in [0.29, 0.717) is 32.1 Å². The molecule has 2 N–H and O–H groups in total. The largest absolute Gasteiger partial charge is 0.443 e. The second-order valence-corrected chi connectivity index (χ2v) is 9.43. The SMILES string of the molecule is CC(C)(C)OC(=O)n1cc(C=c2[nH]c(=O)c(=Cc3c(Cl)cccc3Cl)[nH]c2=O)c2ccccc21. The molecule has 0 saturated heterocycles. The summed E-state index contributed by atoms with van der Waals surface area (Å²) in [6.45, 7) is 5.34. The molecule has 0 fully saturated rings. The average molecular weight is 498 g/mol. The van der Waals surface area contributed by atoms with Crippen LogP contribution in [0.15, 0.2) is 58.3 Å². The number of nitrogens with zero attached hydrogens (tertiary/aromatic N) is 1. The lowest BCUT2D eigenvalue weighted by Crippen LogP contribution is -2.46. The van der Waals surface area contributed by atoms with E-state index in [2.05, 4.69) is 9.97 Å². The zero-order valence-electron chi connectivity index (χ0n) is 18.6. The first kappa shape index (κ1) is 23.6. The second-order valence-electron chi connectivity index (χ2n) is 8.61. The maximum atomic E-state index is 12.8. The summed E-state index contributed by atoms with van der Waals surface area (Å²) in [5.74, 6) is 0. The number of halogens is 2.